The fourth-order valence-electron chi connectivity index (χ4n) is 5.41. The zero-order valence-electron chi connectivity index (χ0n) is 27.9. The van der Waals surface area contributed by atoms with Crippen molar-refractivity contribution >= 4 is 43.2 Å². The van der Waals surface area contributed by atoms with Crippen molar-refractivity contribution in [2.45, 2.75) is 68.1 Å². The third kappa shape index (κ3) is 9.92. The van der Waals surface area contributed by atoms with Crippen LogP contribution in [0.4, 0.5) is 10.1 Å². The molecular weight excluding hydrogens is 697 g/mol. The lowest BCUT2D eigenvalue weighted by Gasteiger charge is -2.35. The van der Waals surface area contributed by atoms with Gasteiger partial charge in [0.2, 0.25) is 10.0 Å². The quantitative estimate of drug-likeness (QED) is 0.297. The van der Waals surface area contributed by atoms with Gasteiger partial charge in [-0.2, -0.15) is 4.31 Å². The summed E-state index contributed by atoms with van der Waals surface area (Å²) in [5.74, 6) is -1.29. The Labute approximate surface area is 293 Å². The number of nitrogens with zero attached hydrogens (tertiary/aromatic N) is 2. The van der Waals surface area contributed by atoms with Crippen molar-refractivity contribution in [3.8, 4) is 5.75 Å². The van der Waals surface area contributed by atoms with E-state index < -0.39 is 49.8 Å². The van der Waals surface area contributed by atoms with Crippen molar-refractivity contribution in [2.75, 3.05) is 38.1 Å². The van der Waals surface area contributed by atoms with E-state index in [4.69, 9.17) is 21.1 Å². The van der Waals surface area contributed by atoms with E-state index in [9.17, 15) is 31.1 Å². The van der Waals surface area contributed by atoms with Gasteiger partial charge in [0.25, 0.3) is 15.9 Å². The molecule has 0 unspecified atom stereocenters. The van der Waals surface area contributed by atoms with E-state index >= 15 is 0 Å². The zero-order valence-corrected chi connectivity index (χ0v) is 30.3. The molecule has 0 aliphatic carbocycles. The van der Waals surface area contributed by atoms with Crippen molar-refractivity contribution in [1.82, 2.24) is 9.21 Å². The predicted octanol–water partition coefficient (Wildman–Crippen LogP) is 5.40. The molecular formula is C34H43ClFN3O8S2. The first-order valence-corrected chi connectivity index (χ1v) is 19.3. The van der Waals surface area contributed by atoms with E-state index in [2.05, 4.69) is 4.72 Å². The van der Waals surface area contributed by atoms with Crippen LogP contribution in [0.1, 0.15) is 50.4 Å². The molecule has 3 aromatic rings. The highest BCUT2D eigenvalue weighted by molar-refractivity contribution is 7.92. The largest absolute Gasteiger partial charge is 0.490 e. The number of amides is 1. The fourth-order valence-corrected chi connectivity index (χ4v) is 7.77. The summed E-state index contributed by atoms with van der Waals surface area (Å²) in [6.45, 7) is 5.42. The normalized spacial score (nSPS) is 20.6. The summed E-state index contributed by atoms with van der Waals surface area (Å²) in [5.41, 5.74) is 0.143. The van der Waals surface area contributed by atoms with Crippen LogP contribution in [0.25, 0.3) is 0 Å². The molecule has 1 aliphatic heterocycles. The molecule has 1 amide bonds. The molecule has 49 heavy (non-hydrogen) atoms. The maximum absolute atomic E-state index is 14.3. The Morgan fingerprint density at radius 1 is 1.02 bits per heavy atom. The number of carbonyl (C=O) groups is 1. The average Bonchev–Trinajstić information content (AvgIpc) is 3.06. The minimum atomic E-state index is -4.13. The van der Waals surface area contributed by atoms with Gasteiger partial charge in [-0.25, -0.2) is 21.2 Å². The van der Waals surface area contributed by atoms with Gasteiger partial charge in [0.1, 0.15) is 11.6 Å². The first-order valence-electron chi connectivity index (χ1n) is 16.0. The lowest BCUT2D eigenvalue weighted by molar-refractivity contribution is -0.00833. The van der Waals surface area contributed by atoms with Crippen LogP contribution in [0.5, 0.6) is 5.75 Å². The van der Waals surface area contributed by atoms with Crippen molar-refractivity contribution in [2.24, 2.45) is 5.92 Å². The number of fused-ring (bicyclic) bond motifs is 1. The average molecular weight is 740 g/mol. The SMILES string of the molecule is C[C@@H]1CN([C@H](C)CO)C(=O)c2cc(NS(=O)(=O)c3ccc(F)cc3)ccc2O[C@@H](C)CCCCO[C@@H]1CN(C)S(=O)(=O)c1ccc(Cl)cc1. The molecule has 1 aliphatic rings. The molecule has 0 saturated heterocycles. The molecule has 2 N–H and O–H groups in total. The van der Waals surface area contributed by atoms with Crippen LogP contribution >= 0.6 is 11.6 Å². The summed E-state index contributed by atoms with van der Waals surface area (Å²) in [6, 6.07) is 13.9. The van der Waals surface area contributed by atoms with E-state index in [1.165, 1.54) is 58.7 Å². The fraction of sp³-hybridized carbons (Fsp3) is 0.441. The monoisotopic (exact) mass is 739 g/mol. The molecule has 4 atom stereocenters. The van der Waals surface area contributed by atoms with Gasteiger partial charge in [0, 0.05) is 43.4 Å². The Kier molecular flexibility index (Phi) is 13.1. The number of rotatable bonds is 9. The van der Waals surface area contributed by atoms with E-state index in [0.29, 0.717) is 24.5 Å². The molecule has 1 heterocycles. The molecule has 15 heteroatoms. The van der Waals surface area contributed by atoms with Crippen LogP contribution in [-0.4, -0.2) is 88.7 Å². The van der Waals surface area contributed by atoms with Gasteiger partial charge in [0.15, 0.2) is 0 Å². The lowest BCUT2D eigenvalue weighted by Crippen LogP contribution is -2.48. The first-order chi connectivity index (χ1) is 23.1. The zero-order chi connectivity index (χ0) is 35.9. The summed E-state index contributed by atoms with van der Waals surface area (Å²) >= 11 is 5.97. The number of sulfonamides is 2. The number of halogens is 2. The summed E-state index contributed by atoms with van der Waals surface area (Å²) in [7, 11) is -6.55. The number of aliphatic hydroxyl groups is 1. The van der Waals surface area contributed by atoms with Crippen molar-refractivity contribution in [1.29, 1.82) is 0 Å². The van der Waals surface area contributed by atoms with Gasteiger partial charge in [-0.15, -0.1) is 0 Å². The molecule has 0 spiro atoms. The van der Waals surface area contributed by atoms with Crippen molar-refractivity contribution in [3.63, 3.8) is 0 Å². The first kappa shape index (κ1) is 38.5. The highest BCUT2D eigenvalue weighted by Gasteiger charge is 2.32. The Bertz CT molecular complexity index is 1790. The van der Waals surface area contributed by atoms with Crippen LogP contribution < -0.4 is 9.46 Å². The molecule has 268 valence electrons. The van der Waals surface area contributed by atoms with Crippen LogP contribution in [0.3, 0.4) is 0 Å². The third-order valence-electron chi connectivity index (χ3n) is 8.39. The summed E-state index contributed by atoms with van der Waals surface area (Å²) in [6.07, 6.45) is 1.09. The Morgan fingerprint density at radius 3 is 2.33 bits per heavy atom. The summed E-state index contributed by atoms with van der Waals surface area (Å²) < 4.78 is 82.6. The molecule has 0 saturated carbocycles. The number of ether oxygens (including phenoxy) is 2. The number of benzene rings is 3. The number of aliphatic hydroxyl groups excluding tert-OH is 1. The van der Waals surface area contributed by atoms with Crippen molar-refractivity contribution in [3.05, 3.63) is 83.1 Å². The summed E-state index contributed by atoms with van der Waals surface area (Å²) in [4.78, 5) is 15.7. The molecule has 0 radical (unpaired) electrons. The van der Waals surface area contributed by atoms with Gasteiger partial charge >= 0.3 is 0 Å². The Hall–Kier alpha value is -3.27. The van der Waals surface area contributed by atoms with Crippen molar-refractivity contribution < 1.29 is 40.6 Å². The Morgan fingerprint density at radius 2 is 1.67 bits per heavy atom. The smallest absolute Gasteiger partial charge is 0.261 e. The van der Waals surface area contributed by atoms with Gasteiger partial charge in [-0.05, 0) is 99.8 Å². The molecule has 4 rings (SSSR count). The number of hydrogen-bond donors (Lipinski definition) is 2. The molecule has 0 bridgehead atoms. The maximum atomic E-state index is 14.3. The van der Waals surface area contributed by atoms with Gasteiger partial charge < -0.3 is 19.5 Å². The minimum absolute atomic E-state index is 0.00687. The minimum Gasteiger partial charge on any atom is -0.490 e. The second-order valence-corrected chi connectivity index (χ2v) is 16.5. The standard InChI is InChI=1S/C34H43ClFN3O8S2/c1-23-20-39(24(2)22-40)34(41)31-19-28(37-48(42,43)29-15-10-27(36)11-16-29)12-17-32(31)47-25(3)7-5-6-18-46-33(23)21-38(4)49(44,45)30-13-8-26(35)9-14-30/h8-17,19,23-25,33,37,40H,5-7,18,20-22H2,1-4H3/t23-,24-,25+,33-/m1/s1. The van der Waals surface area contributed by atoms with Crippen LogP contribution in [0, 0.1) is 11.7 Å². The van der Waals surface area contributed by atoms with E-state index in [-0.39, 0.29) is 52.6 Å². The third-order valence-corrected chi connectivity index (χ3v) is 11.9. The van der Waals surface area contributed by atoms with Crippen LogP contribution in [0.2, 0.25) is 5.02 Å². The molecule has 3 aromatic carbocycles. The van der Waals surface area contributed by atoms with E-state index in [0.717, 1.165) is 30.7 Å². The number of anilines is 1. The van der Waals surface area contributed by atoms with Gasteiger partial charge in [-0.1, -0.05) is 18.5 Å². The van der Waals surface area contributed by atoms with Crippen LogP contribution in [0.15, 0.2) is 76.5 Å². The lowest BCUT2D eigenvalue weighted by atomic mass is 10.0. The number of hydrogen-bond acceptors (Lipinski definition) is 8. The summed E-state index contributed by atoms with van der Waals surface area (Å²) in [5, 5.41) is 10.6. The highest BCUT2D eigenvalue weighted by atomic mass is 35.5. The molecule has 0 aromatic heterocycles. The van der Waals surface area contributed by atoms with E-state index in [1.807, 2.05) is 13.8 Å². The Balaban J connectivity index is 1.67. The molecule has 11 nitrogen and oxygen atoms in total. The second kappa shape index (κ2) is 16.6. The maximum Gasteiger partial charge on any atom is 0.261 e. The van der Waals surface area contributed by atoms with E-state index in [1.54, 1.807) is 6.92 Å². The topological polar surface area (TPSA) is 143 Å². The number of carbonyl (C=O) groups excluding carboxylic acids is 1. The van der Waals surface area contributed by atoms with Gasteiger partial charge in [-0.3, -0.25) is 9.52 Å². The number of likely N-dealkylation sites (N-methyl/N-ethyl adjacent to an activating group) is 1. The highest BCUT2D eigenvalue weighted by Crippen LogP contribution is 2.30. The predicted molar refractivity (Wildman–Crippen MR) is 185 cm³/mol. The number of nitrogens with one attached hydrogen (secondary N) is 1. The molecule has 0 fully saturated rings. The van der Waals surface area contributed by atoms with Gasteiger partial charge in [0.05, 0.1) is 40.2 Å². The van der Waals surface area contributed by atoms with Crippen LogP contribution in [-0.2, 0) is 24.8 Å². The second-order valence-electron chi connectivity index (χ2n) is 12.3.